The van der Waals surface area contributed by atoms with E-state index in [9.17, 15) is 14.9 Å². The van der Waals surface area contributed by atoms with Gasteiger partial charge in [0.05, 0.1) is 30.4 Å². The third-order valence-corrected chi connectivity index (χ3v) is 4.12. The van der Waals surface area contributed by atoms with Gasteiger partial charge in [-0.15, -0.1) is 0 Å². The first-order chi connectivity index (χ1) is 13.1. The Balaban J connectivity index is 2.07. The molecule has 0 unspecified atom stereocenters. The minimum atomic E-state index is -0.858. The van der Waals surface area contributed by atoms with Crippen molar-refractivity contribution in [2.75, 3.05) is 19.0 Å². The van der Waals surface area contributed by atoms with E-state index in [2.05, 4.69) is 22.2 Å². The summed E-state index contributed by atoms with van der Waals surface area (Å²) in [5.74, 6) is -1.45. The number of hydrogen-bond acceptors (Lipinski definition) is 6. The molecule has 0 fully saturated rings. The maximum Gasteiger partial charge on any atom is 0.374 e. The number of methoxy groups -OCH3 is 1. The molecule has 0 aliphatic rings. The highest BCUT2D eigenvalue weighted by atomic mass is 16.5. The lowest BCUT2D eigenvalue weighted by Gasteiger charge is -2.13. The molecular formula is C21H19N3O3. The number of rotatable bonds is 8. The number of carbonyl (C=O) groups is 2. The first-order valence-corrected chi connectivity index (χ1v) is 8.45. The van der Waals surface area contributed by atoms with E-state index in [0.717, 1.165) is 16.8 Å². The summed E-state index contributed by atoms with van der Waals surface area (Å²) >= 11 is 0. The summed E-state index contributed by atoms with van der Waals surface area (Å²) in [4.78, 5) is 22.7. The minimum absolute atomic E-state index is 0.0124. The number of nitrogens with zero attached hydrogens (tertiary/aromatic N) is 2. The minimum Gasteiger partial charge on any atom is -0.463 e. The molecule has 136 valence electrons. The van der Waals surface area contributed by atoms with Gasteiger partial charge in [-0.05, 0) is 48.2 Å². The lowest BCUT2D eigenvalue weighted by Crippen LogP contribution is -2.19. The Kier molecular flexibility index (Phi) is 7.10. The molecule has 0 aliphatic carbocycles. The first-order valence-electron chi connectivity index (χ1n) is 8.45. The Hall–Kier alpha value is -3.64. The number of anilines is 1. The number of esters is 1. The van der Waals surface area contributed by atoms with E-state index in [1.165, 1.54) is 7.11 Å². The lowest BCUT2D eigenvalue weighted by atomic mass is 9.98. The van der Waals surface area contributed by atoms with E-state index in [1.54, 1.807) is 24.3 Å². The highest BCUT2D eigenvalue weighted by molar-refractivity contribution is 6.33. The van der Waals surface area contributed by atoms with Crippen LogP contribution in [-0.2, 0) is 27.2 Å². The Morgan fingerprint density at radius 2 is 1.78 bits per heavy atom. The lowest BCUT2D eigenvalue weighted by molar-refractivity contribution is -0.151. The van der Waals surface area contributed by atoms with Crippen molar-refractivity contribution in [1.29, 1.82) is 10.5 Å². The zero-order valence-corrected chi connectivity index (χ0v) is 15.0. The Labute approximate surface area is 158 Å². The van der Waals surface area contributed by atoms with Crippen LogP contribution in [0.2, 0.25) is 0 Å². The predicted molar refractivity (Wildman–Crippen MR) is 99.9 cm³/mol. The molecule has 2 aromatic rings. The van der Waals surface area contributed by atoms with Gasteiger partial charge in [0.1, 0.15) is 0 Å². The first kappa shape index (κ1) is 19.7. The summed E-state index contributed by atoms with van der Waals surface area (Å²) in [6.07, 6.45) is 1.35. The van der Waals surface area contributed by atoms with Crippen LogP contribution in [0.5, 0.6) is 0 Å². The van der Waals surface area contributed by atoms with Crippen molar-refractivity contribution < 1.29 is 14.3 Å². The van der Waals surface area contributed by atoms with Gasteiger partial charge in [-0.2, -0.15) is 10.5 Å². The maximum absolute atomic E-state index is 11.5. The van der Waals surface area contributed by atoms with Crippen LogP contribution in [0.4, 0.5) is 5.69 Å². The number of ether oxygens (including phenoxy) is 1. The number of ketones is 1. The molecule has 6 nitrogen and oxygen atoms in total. The summed E-state index contributed by atoms with van der Waals surface area (Å²) in [5.41, 5.74) is 3.85. The molecule has 1 N–H and O–H groups in total. The fraction of sp³-hybridized carbons (Fsp3) is 0.238. The van der Waals surface area contributed by atoms with Gasteiger partial charge in [0.2, 0.25) is 5.78 Å². The van der Waals surface area contributed by atoms with Gasteiger partial charge in [-0.3, -0.25) is 4.79 Å². The molecule has 6 heteroatoms. The van der Waals surface area contributed by atoms with Crippen LogP contribution in [0.15, 0.2) is 42.5 Å². The summed E-state index contributed by atoms with van der Waals surface area (Å²) < 4.78 is 4.40. The van der Waals surface area contributed by atoms with Gasteiger partial charge in [-0.25, -0.2) is 4.79 Å². The molecule has 0 aliphatic heterocycles. The highest BCUT2D eigenvalue weighted by Gasteiger charge is 2.14. The SMILES string of the molecule is COC(=O)C(=O)CCNc1cccc(C#N)c1CCc1ccc(C#N)cc1. The van der Waals surface area contributed by atoms with Crippen molar-refractivity contribution in [2.24, 2.45) is 0 Å². The van der Waals surface area contributed by atoms with Crippen LogP contribution in [0.3, 0.4) is 0 Å². The highest BCUT2D eigenvalue weighted by Crippen LogP contribution is 2.22. The third-order valence-electron chi connectivity index (χ3n) is 4.12. The molecule has 27 heavy (non-hydrogen) atoms. The largest absolute Gasteiger partial charge is 0.463 e. The second-order valence-electron chi connectivity index (χ2n) is 5.84. The Bertz CT molecular complexity index is 906. The number of nitriles is 2. The second-order valence-corrected chi connectivity index (χ2v) is 5.84. The molecule has 0 atom stereocenters. The van der Waals surface area contributed by atoms with Crippen molar-refractivity contribution in [3.05, 3.63) is 64.7 Å². The van der Waals surface area contributed by atoms with Gasteiger partial charge < -0.3 is 10.1 Å². The average Bonchev–Trinajstić information content (AvgIpc) is 2.72. The summed E-state index contributed by atoms with van der Waals surface area (Å²) in [6, 6.07) is 17.0. The average molecular weight is 361 g/mol. The van der Waals surface area contributed by atoms with E-state index < -0.39 is 11.8 Å². The van der Waals surface area contributed by atoms with Crippen molar-refractivity contribution in [1.82, 2.24) is 0 Å². The maximum atomic E-state index is 11.5. The van der Waals surface area contributed by atoms with Crippen LogP contribution in [0.1, 0.15) is 28.7 Å². The molecule has 2 rings (SSSR count). The molecule has 0 saturated heterocycles. The Morgan fingerprint density at radius 3 is 2.41 bits per heavy atom. The van der Waals surface area contributed by atoms with Crippen molar-refractivity contribution >= 4 is 17.4 Å². The molecule has 0 amide bonds. The van der Waals surface area contributed by atoms with Crippen LogP contribution in [0, 0.1) is 22.7 Å². The van der Waals surface area contributed by atoms with Crippen molar-refractivity contribution in [3.63, 3.8) is 0 Å². The monoisotopic (exact) mass is 361 g/mol. The normalized spacial score (nSPS) is 9.74. The quantitative estimate of drug-likeness (QED) is 0.573. The fourth-order valence-corrected chi connectivity index (χ4v) is 2.67. The van der Waals surface area contributed by atoms with Gasteiger partial charge in [0, 0.05) is 18.7 Å². The zero-order valence-electron chi connectivity index (χ0n) is 15.0. The molecule has 0 heterocycles. The molecule has 0 bridgehead atoms. The number of nitrogens with one attached hydrogen (secondary N) is 1. The molecule has 2 aromatic carbocycles. The summed E-state index contributed by atoms with van der Waals surface area (Å²) in [6.45, 7) is 0.271. The second kappa shape index (κ2) is 9.74. The van der Waals surface area contributed by atoms with Crippen molar-refractivity contribution in [2.45, 2.75) is 19.3 Å². The van der Waals surface area contributed by atoms with Gasteiger partial charge >= 0.3 is 5.97 Å². The third kappa shape index (κ3) is 5.42. The number of carbonyl (C=O) groups excluding carboxylic acids is 2. The number of Topliss-reactive ketones (excluding diaryl/α,β-unsaturated/α-hetero) is 1. The standard InChI is InChI=1S/C21H19N3O3/c1-27-21(26)20(25)11-12-24-19-4-2-3-17(14-23)18(19)10-9-15-5-7-16(13-22)8-6-15/h2-8,24H,9-12H2,1H3. The summed E-state index contributed by atoms with van der Waals surface area (Å²) in [7, 11) is 1.17. The Morgan fingerprint density at radius 1 is 1.04 bits per heavy atom. The zero-order chi connectivity index (χ0) is 19.6. The van der Waals surface area contributed by atoms with E-state index in [4.69, 9.17) is 5.26 Å². The number of hydrogen-bond donors (Lipinski definition) is 1. The van der Waals surface area contributed by atoms with E-state index in [1.807, 2.05) is 18.2 Å². The van der Waals surface area contributed by atoms with Gasteiger partial charge in [-0.1, -0.05) is 18.2 Å². The van der Waals surface area contributed by atoms with Gasteiger partial charge in [0.25, 0.3) is 0 Å². The number of aryl methyl sites for hydroxylation is 1. The van der Waals surface area contributed by atoms with Gasteiger partial charge in [0.15, 0.2) is 0 Å². The van der Waals surface area contributed by atoms with Crippen LogP contribution < -0.4 is 5.32 Å². The van der Waals surface area contributed by atoms with Crippen LogP contribution in [-0.4, -0.2) is 25.4 Å². The molecular weight excluding hydrogens is 342 g/mol. The smallest absolute Gasteiger partial charge is 0.374 e. The number of benzene rings is 2. The van der Waals surface area contributed by atoms with E-state index in [-0.39, 0.29) is 13.0 Å². The van der Waals surface area contributed by atoms with Crippen molar-refractivity contribution in [3.8, 4) is 12.1 Å². The molecule has 0 radical (unpaired) electrons. The molecule has 0 spiro atoms. The fourth-order valence-electron chi connectivity index (χ4n) is 2.67. The van der Waals surface area contributed by atoms with E-state index in [0.29, 0.717) is 24.0 Å². The molecule has 0 aromatic heterocycles. The van der Waals surface area contributed by atoms with E-state index >= 15 is 0 Å². The predicted octanol–water partition coefficient (Wildman–Crippen LogP) is 2.76. The van der Waals surface area contributed by atoms with Crippen LogP contribution >= 0.6 is 0 Å². The molecule has 0 saturated carbocycles. The summed E-state index contributed by atoms with van der Waals surface area (Å²) in [5, 5.41) is 21.4. The topological polar surface area (TPSA) is 103 Å². The van der Waals surface area contributed by atoms with Crippen LogP contribution in [0.25, 0.3) is 0 Å².